The van der Waals surface area contributed by atoms with Crippen molar-refractivity contribution in [3.8, 4) is 0 Å². The van der Waals surface area contributed by atoms with Crippen LogP contribution in [0, 0.1) is 6.92 Å². The summed E-state index contributed by atoms with van der Waals surface area (Å²) in [6.07, 6.45) is 0.884. The predicted octanol–water partition coefficient (Wildman–Crippen LogP) is 3.73. The molecule has 0 aliphatic rings. The molecule has 0 fully saturated rings. The Bertz CT molecular complexity index is 644. The lowest BCUT2D eigenvalue weighted by Crippen LogP contribution is -2.23. The Labute approximate surface area is 155 Å². The summed E-state index contributed by atoms with van der Waals surface area (Å²) in [5.41, 5.74) is 10.6. The van der Waals surface area contributed by atoms with Gasteiger partial charge in [0.05, 0.1) is 6.61 Å². The van der Waals surface area contributed by atoms with Crippen LogP contribution in [0.3, 0.4) is 0 Å². The quantitative estimate of drug-likeness (QED) is 0.421. The molecule has 0 atom stereocenters. The minimum atomic E-state index is 0. The Balaban J connectivity index is 0.00000264. The lowest BCUT2D eigenvalue weighted by atomic mass is 10.1. The Morgan fingerprint density at radius 1 is 1.09 bits per heavy atom. The maximum Gasteiger partial charge on any atom is 0.193 e. The summed E-state index contributed by atoms with van der Waals surface area (Å²) in [7, 11) is 1.68. The second kappa shape index (κ2) is 10.2. The number of hydrogen-bond donors (Lipinski definition) is 2. The summed E-state index contributed by atoms with van der Waals surface area (Å²) >= 11 is 0. The van der Waals surface area contributed by atoms with Gasteiger partial charge >= 0.3 is 0 Å². The SMILES string of the molecule is COCc1ccccc1NC(N)=NCCc1ccccc1C.I. The molecule has 5 heteroatoms. The van der Waals surface area contributed by atoms with Crippen LogP contribution in [0.15, 0.2) is 53.5 Å². The number of para-hydroxylation sites is 1. The van der Waals surface area contributed by atoms with Crippen molar-refractivity contribution in [3.05, 3.63) is 65.2 Å². The predicted molar refractivity (Wildman–Crippen MR) is 108 cm³/mol. The number of hydrogen-bond acceptors (Lipinski definition) is 2. The molecule has 0 saturated carbocycles. The topological polar surface area (TPSA) is 59.6 Å². The molecule has 0 saturated heterocycles. The summed E-state index contributed by atoms with van der Waals surface area (Å²) in [6, 6.07) is 16.3. The number of nitrogens with two attached hydrogens (primary N) is 1. The van der Waals surface area contributed by atoms with Crippen molar-refractivity contribution in [1.82, 2.24) is 0 Å². The number of rotatable bonds is 6. The summed E-state index contributed by atoms with van der Waals surface area (Å²) < 4.78 is 5.18. The van der Waals surface area contributed by atoms with Crippen molar-refractivity contribution >= 4 is 35.6 Å². The van der Waals surface area contributed by atoms with E-state index < -0.39 is 0 Å². The van der Waals surface area contributed by atoms with Crippen molar-refractivity contribution in [2.24, 2.45) is 10.7 Å². The number of halogens is 1. The second-order valence-corrected chi connectivity index (χ2v) is 5.16. The lowest BCUT2D eigenvalue weighted by molar-refractivity contribution is 0.185. The van der Waals surface area contributed by atoms with Gasteiger partial charge < -0.3 is 15.8 Å². The van der Waals surface area contributed by atoms with Crippen LogP contribution in [0.1, 0.15) is 16.7 Å². The molecule has 0 aliphatic carbocycles. The molecule has 0 unspecified atom stereocenters. The number of benzene rings is 2. The molecular formula is C18H24IN3O. The summed E-state index contributed by atoms with van der Waals surface area (Å²) in [6.45, 7) is 3.32. The van der Waals surface area contributed by atoms with Crippen molar-refractivity contribution in [2.75, 3.05) is 19.0 Å². The standard InChI is InChI=1S/C18H23N3O.HI/c1-14-7-3-4-8-15(14)11-12-20-18(19)21-17-10-6-5-9-16(17)13-22-2;/h3-10H,11-13H2,1-2H3,(H3,19,20,21);1H. The van der Waals surface area contributed by atoms with E-state index in [9.17, 15) is 0 Å². The number of nitrogens with zero attached hydrogens (tertiary/aromatic N) is 1. The Hall–Kier alpha value is -1.60. The first-order valence-corrected chi connectivity index (χ1v) is 7.39. The number of methoxy groups -OCH3 is 1. The molecule has 2 rings (SSSR count). The average molecular weight is 425 g/mol. The van der Waals surface area contributed by atoms with Crippen LogP contribution < -0.4 is 11.1 Å². The van der Waals surface area contributed by atoms with Gasteiger partial charge in [0, 0.05) is 24.9 Å². The van der Waals surface area contributed by atoms with Crippen molar-refractivity contribution < 1.29 is 4.74 Å². The van der Waals surface area contributed by atoms with Gasteiger partial charge in [-0.1, -0.05) is 42.5 Å². The van der Waals surface area contributed by atoms with Crippen LogP contribution in [-0.2, 0) is 17.8 Å². The zero-order valence-electron chi connectivity index (χ0n) is 13.6. The van der Waals surface area contributed by atoms with Gasteiger partial charge in [0.25, 0.3) is 0 Å². The van der Waals surface area contributed by atoms with Crippen LogP contribution in [-0.4, -0.2) is 19.6 Å². The highest BCUT2D eigenvalue weighted by atomic mass is 127. The van der Waals surface area contributed by atoms with E-state index in [2.05, 4.69) is 35.4 Å². The molecule has 2 aromatic rings. The fourth-order valence-corrected chi connectivity index (χ4v) is 2.29. The minimum absolute atomic E-state index is 0. The molecule has 0 heterocycles. The molecule has 0 aliphatic heterocycles. The summed E-state index contributed by atoms with van der Waals surface area (Å²) in [4.78, 5) is 4.40. The molecule has 4 nitrogen and oxygen atoms in total. The van der Waals surface area contributed by atoms with E-state index >= 15 is 0 Å². The molecule has 0 amide bonds. The van der Waals surface area contributed by atoms with E-state index in [1.54, 1.807) is 7.11 Å². The number of aryl methyl sites for hydroxylation is 1. The van der Waals surface area contributed by atoms with E-state index in [0.29, 0.717) is 19.1 Å². The Kier molecular flexibility index (Phi) is 8.65. The van der Waals surface area contributed by atoms with E-state index in [4.69, 9.17) is 10.5 Å². The second-order valence-electron chi connectivity index (χ2n) is 5.16. The highest BCUT2D eigenvalue weighted by Gasteiger charge is 2.02. The third-order valence-corrected chi connectivity index (χ3v) is 3.50. The molecule has 23 heavy (non-hydrogen) atoms. The number of ether oxygens (including phenoxy) is 1. The first-order valence-electron chi connectivity index (χ1n) is 7.39. The van der Waals surface area contributed by atoms with E-state index in [1.807, 2.05) is 30.3 Å². The molecule has 0 spiro atoms. The van der Waals surface area contributed by atoms with Gasteiger partial charge in [-0.15, -0.1) is 24.0 Å². The molecule has 0 radical (unpaired) electrons. The van der Waals surface area contributed by atoms with Gasteiger partial charge in [-0.3, -0.25) is 4.99 Å². The fraction of sp³-hybridized carbons (Fsp3) is 0.278. The zero-order valence-corrected chi connectivity index (χ0v) is 15.9. The third-order valence-electron chi connectivity index (χ3n) is 3.50. The van der Waals surface area contributed by atoms with Gasteiger partial charge in [0.15, 0.2) is 5.96 Å². The molecule has 3 N–H and O–H groups in total. The van der Waals surface area contributed by atoms with Crippen molar-refractivity contribution in [1.29, 1.82) is 0 Å². The molecule has 0 bridgehead atoms. The van der Waals surface area contributed by atoms with Crippen LogP contribution in [0.25, 0.3) is 0 Å². The minimum Gasteiger partial charge on any atom is -0.380 e. The van der Waals surface area contributed by atoms with Gasteiger partial charge in [-0.25, -0.2) is 0 Å². The Morgan fingerprint density at radius 3 is 2.43 bits per heavy atom. The first kappa shape index (κ1) is 19.4. The number of anilines is 1. The monoisotopic (exact) mass is 425 g/mol. The number of aliphatic imine (C=N–C) groups is 1. The summed E-state index contributed by atoms with van der Waals surface area (Å²) in [5, 5.41) is 3.14. The Morgan fingerprint density at radius 2 is 1.74 bits per heavy atom. The van der Waals surface area contributed by atoms with Gasteiger partial charge in [0.1, 0.15) is 0 Å². The fourth-order valence-electron chi connectivity index (χ4n) is 2.29. The summed E-state index contributed by atoms with van der Waals surface area (Å²) in [5.74, 6) is 0.428. The zero-order chi connectivity index (χ0) is 15.8. The van der Waals surface area contributed by atoms with E-state index in [0.717, 1.165) is 17.7 Å². The van der Waals surface area contributed by atoms with E-state index in [-0.39, 0.29) is 24.0 Å². The van der Waals surface area contributed by atoms with Gasteiger partial charge in [0.2, 0.25) is 0 Å². The molecule has 0 aromatic heterocycles. The normalized spacial score (nSPS) is 11.0. The number of nitrogens with one attached hydrogen (secondary N) is 1. The lowest BCUT2D eigenvalue weighted by Gasteiger charge is -2.11. The maximum atomic E-state index is 5.97. The van der Waals surface area contributed by atoms with Gasteiger partial charge in [-0.05, 0) is 30.5 Å². The van der Waals surface area contributed by atoms with Crippen LogP contribution in [0.5, 0.6) is 0 Å². The molecule has 124 valence electrons. The highest BCUT2D eigenvalue weighted by molar-refractivity contribution is 14.0. The van der Waals surface area contributed by atoms with Gasteiger partial charge in [-0.2, -0.15) is 0 Å². The largest absolute Gasteiger partial charge is 0.380 e. The highest BCUT2D eigenvalue weighted by Crippen LogP contribution is 2.15. The maximum absolute atomic E-state index is 5.97. The third kappa shape index (κ3) is 6.19. The van der Waals surface area contributed by atoms with Crippen molar-refractivity contribution in [2.45, 2.75) is 20.0 Å². The first-order chi connectivity index (χ1) is 10.7. The van der Waals surface area contributed by atoms with Crippen LogP contribution in [0.4, 0.5) is 5.69 Å². The number of guanidine groups is 1. The van der Waals surface area contributed by atoms with Crippen LogP contribution >= 0.6 is 24.0 Å². The smallest absolute Gasteiger partial charge is 0.193 e. The van der Waals surface area contributed by atoms with E-state index in [1.165, 1.54) is 11.1 Å². The van der Waals surface area contributed by atoms with Crippen molar-refractivity contribution in [3.63, 3.8) is 0 Å². The molecular weight excluding hydrogens is 401 g/mol. The van der Waals surface area contributed by atoms with Crippen LogP contribution in [0.2, 0.25) is 0 Å². The average Bonchev–Trinajstić information content (AvgIpc) is 2.51. The molecule has 2 aromatic carbocycles.